The molecule has 0 aromatic heterocycles. The first kappa shape index (κ1) is 13.4. The van der Waals surface area contributed by atoms with Crippen molar-refractivity contribution in [3.05, 3.63) is 0 Å². The van der Waals surface area contributed by atoms with Crippen LogP contribution in [0.1, 0.15) is 45.4 Å². The van der Waals surface area contributed by atoms with Crippen molar-refractivity contribution < 1.29 is 4.79 Å². The van der Waals surface area contributed by atoms with Gasteiger partial charge in [-0.15, -0.1) is 0 Å². The molecule has 3 nitrogen and oxygen atoms in total. The molecule has 1 amide bonds. The van der Waals surface area contributed by atoms with Crippen LogP contribution in [-0.4, -0.2) is 17.4 Å². The van der Waals surface area contributed by atoms with Gasteiger partial charge in [0.15, 0.2) is 0 Å². The molecule has 4 heteroatoms. The van der Waals surface area contributed by atoms with E-state index in [1.807, 2.05) is 6.92 Å². The predicted octanol–water partition coefficient (Wildman–Crippen LogP) is 2.00. The highest BCUT2D eigenvalue weighted by Gasteiger charge is 2.22. The van der Waals surface area contributed by atoms with Crippen molar-refractivity contribution in [2.75, 3.05) is 6.54 Å². The summed E-state index contributed by atoms with van der Waals surface area (Å²) in [6.07, 6.45) is 6.77. The lowest BCUT2D eigenvalue weighted by Crippen LogP contribution is -2.39. The summed E-state index contributed by atoms with van der Waals surface area (Å²) >= 11 is 4.92. The summed E-state index contributed by atoms with van der Waals surface area (Å²) in [6.45, 7) is 2.83. The highest BCUT2D eigenvalue weighted by Crippen LogP contribution is 2.23. The van der Waals surface area contributed by atoms with Crippen LogP contribution in [0, 0.1) is 11.8 Å². The molecule has 0 radical (unpaired) electrons. The molecule has 0 aromatic rings. The van der Waals surface area contributed by atoms with Gasteiger partial charge >= 0.3 is 0 Å². The van der Waals surface area contributed by atoms with Gasteiger partial charge in [-0.05, 0) is 25.2 Å². The fraction of sp³-hybridized carbons (Fsp3) is 0.833. The Morgan fingerprint density at radius 2 is 2.12 bits per heavy atom. The van der Waals surface area contributed by atoms with Crippen molar-refractivity contribution in [2.45, 2.75) is 45.4 Å². The Labute approximate surface area is 103 Å². The fourth-order valence-electron chi connectivity index (χ4n) is 2.27. The molecular weight excluding hydrogens is 220 g/mol. The van der Waals surface area contributed by atoms with Gasteiger partial charge in [0.2, 0.25) is 5.91 Å². The summed E-state index contributed by atoms with van der Waals surface area (Å²) in [7, 11) is 0. The molecule has 1 aliphatic rings. The van der Waals surface area contributed by atoms with Crippen LogP contribution in [0.3, 0.4) is 0 Å². The minimum absolute atomic E-state index is 0.0150. The van der Waals surface area contributed by atoms with E-state index in [1.165, 1.54) is 25.7 Å². The smallest absolute Gasteiger partial charge is 0.229 e. The van der Waals surface area contributed by atoms with E-state index in [4.69, 9.17) is 18.0 Å². The number of hydrogen-bond acceptors (Lipinski definition) is 2. The van der Waals surface area contributed by atoms with Crippen LogP contribution in [0.5, 0.6) is 0 Å². The van der Waals surface area contributed by atoms with Gasteiger partial charge in [-0.25, -0.2) is 0 Å². The van der Waals surface area contributed by atoms with Crippen molar-refractivity contribution in [1.82, 2.24) is 5.32 Å². The molecule has 1 rings (SSSR count). The van der Waals surface area contributed by atoms with Crippen LogP contribution in [0.25, 0.3) is 0 Å². The molecule has 16 heavy (non-hydrogen) atoms. The van der Waals surface area contributed by atoms with E-state index in [0.717, 1.165) is 19.4 Å². The Morgan fingerprint density at radius 3 is 2.62 bits per heavy atom. The van der Waals surface area contributed by atoms with E-state index in [-0.39, 0.29) is 11.8 Å². The summed E-state index contributed by atoms with van der Waals surface area (Å²) in [5, 5.41) is 2.98. The average molecular weight is 242 g/mol. The molecule has 0 aliphatic heterocycles. The van der Waals surface area contributed by atoms with Gasteiger partial charge in [0.05, 0.1) is 10.9 Å². The summed E-state index contributed by atoms with van der Waals surface area (Å²) in [5.74, 6) is 0.403. The third kappa shape index (κ3) is 4.08. The molecule has 1 atom stereocenters. The second kappa shape index (κ2) is 6.84. The summed E-state index contributed by atoms with van der Waals surface area (Å²) in [6, 6.07) is 0. The maximum Gasteiger partial charge on any atom is 0.229 e. The number of thiocarbonyl (C=S) groups is 1. The number of carbonyl (C=O) groups excluding carboxylic acids is 1. The average Bonchev–Trinajstić information content (AvgIpc) is 2.75. The van der Waals surface area contributed by atoms with Crippen LogP contribution >= 0.6 is 12.2 Å². The predicted molar refractivity (Wildman–Crippen MR) is 70.2 cm³/mol. The van der Waals surface area contributed by atoms with Crippen LogP contribution in [-0.2, 0) is 4.79 Å². The second-order valence-corrected chi connectivity index (χ2v) is 5.11. The first-order chi connectivity index (χ1) is 7.65. The summed E-state index contributed by atoms with van der Waals surface area (Å²) < 4.78 is 0. The zero-order valence-corrected chi connectivity index (χ0v) is 10.8. The Balaban J connectivity index is 2.33. The molecule has 92 valence electrons. The van der Waals surface area contributed by atoms with Crippen molar-refractivity contribution in [1.29, 1.82) is 0 Å². The molecule has 0 heterocycles. The number of amides is 1. The zero-order valence-electron chi connectivity index (χ0n) is 10.00. The fourth-order valence-corrected chi connectivity index (χ4v) is 2.50. The lowest BCUT2D eigenvalue weighted by Gasteiger charge is -2.16. The largest absolute Gasteiger partial charge is 0.393 e. The zero-order chi connectivity index (χ0) is 12.0. The van der Waals surface area contributed by atoms with Gasteiger partial charge < -0.3 is 11.1 Å². The maximum absolute atomic E-state index is 11.9. The minimum atomic E-state index is -0.276. The Morgan fingerprint density at radius 1 is 1.50 bits per heavy atom. The standard InChI is InChI=1S/C12H22N2OS/c1-2-5-10(11(13)16)12(15)14-8-9-6-3-4-7-9/h9-10H,2-8H2,1H3,(H2,13,16)(H,14,15). The van der Waals surface area contributed by atoms with Crippen molar-refractivity contribution in [2.24, 2.45) is 17.6 Å². The van der Waals surface area contributed by atoms with Gasteiger partial charge in [-0.1, -0.05) is 38.4 Å². The lowest BCUT2D eigenvalue weighted by atomic mass is 10.0. The van der Waals surface area contributed by atoms with E-state index in [2.05, 4.69) is 5.32 Å². The lowest BCUT2D eigenvalue weighted by molar-refractivity contribution is -0.123. The Kier molecular flexibility index (Phi) is 5.74. The highest BCUT2D eigenvalue weighted by atomic mass is 32.1. The van der Waals surface area contributed by atoms with Gasteiger partial charge in [0, 0.05) is 6.54 Å². The summed E-state index contributed by atoms with van der Waals surface area (Å²) in [5.41, 5.74) is 5.58. The molecule has 3 N–H and O–H groups in total. The van der Waals surface area contributed by atoms with Crippen LogP contribution in [0.15, 0.2) is 0 Å². The van der Waals surface area contributed by atoms with Gasteiger partial charge in [-0.2, -0.15) is 0 Å². The molecular formula is C12H22N2OS. The second-order valence-electron chi connectivity index (χ2n) is 4.64. The van der Waals surface area contributed by atoms with Crippen LogP contribution in [0.4, 0.5) is 0 Å². The van der Waals surface area contributed by atoms with E-state index in [9.17, 15) is 4.79 Å². The third-order valence-electron chi connectivity index (χ3n) is 3.28. The highest BCUT2D eigenvalue weighted by molar-refractivity contribution is 7.80. The SMILES string of the molecule is CCCC(C(=O)NCC1CCCC1)C(N)=S. The quantitative estimate of drug-likeness (QED) is 0.700. The van der Waals surface area contributed by atoms with Gasteiger partial charge in [0.1, 0.15) is 0 Å². The Bertz CT molecular complexity index is 249. The number of nitrogens with one attached hydrogen (secondary N) is 1. The minimum Gasteiger partial charge on any atom is -0.393 e. The summed E-state index contributed by atoms with van der Waals surface area (Å²) in [4.78, 5) is 12.2. The topological polar surface area (TPSA) is 55.1 Å². The van der Waals surface area contributed by atoms with E-state index >= 15 is 0 Å². The Hall–Kier alpha value is -0.640. The maximum atomic E-state index is 11.9. The molecule has 0 saturated heterocycles. The monoisotopic (exact) mass is 242 g/mol. The molecule has 0 bridgehead atoms. The van der Waals surface area contributed by atoms with E-state index < -0.39 is 0 Å². The van der Waals surface area contributed by atoms with Gasteiger partial charge in [0.25, 0.3) is 0 Å². The van der Waals surface area contributed by atoms with E-state index in [0.29, 0.717) is 10.9 Å². The number of carbonyl (C=O) groups is 1. The normalized spacial score (nSPS) is 18.3. The van der Waals surface area contributed by atoms with Crippen LogP contribution in [0.2, 0.25) is 0 Å². The van der Waals surface area contributed by atoms with Crippen molar-refractivity contribution >= 4 is 23.1 Å². The number of nitrogens with two attached hydrogens (primary N) is 1. The first-order valence-corrected chi connectivity index (χ1v) is 6.63. The van der Waals surface area contributed by atoms with Crippen molar-refractivity contribution in [3.8, 4) is 0 Å². The van der Waals surface area contributed by atoms with Crippen molar-refractivity contribution in [3.63, 3.8) is 0 Å². The van der Waals surface area contributed by atoms with Crippen LogP contribution < -0.4 is 11.1 Å². The van der Waals surface area contributed by atoms with E-state index in [1.54, 1.807) is 0 Å². The number of hydrogen-bond donors (Lipinski definition) is 2. The molecule has 1 fully saturated rings. The van der Waals surface area contributed by atoms with Gasteiger partial charge in [-0.3, -0.25) is 4.79 Å². The molecule has 1 saturated carbocycles. The molecule has 0 aromatic carbocycles. The molecule has 0 spiro atoms. The first-order valence-electron chi connectivity index (χ1n) is 6.22. The molecule has 1 unspecified atom stereocenters. The number of rotatable bonds is 6. The third-order valence-corrected chi connectivity index (χ3v) is 3.56. The molecule has 1 aliphatic carbocycles.